The Hall–Kier alpha value is -0.850. The minimum absolute atomic E-state index is 0. The molecule has 2 fully saturated rings. The number of anilines is 1. The molecule has 1 amide bonds. The molecule has 3 rings (SSSR count). The van der Waals surface area contributed by atoms with Gasteiger partial charge in [-0.2, -0.15) is 0 Å². The molecule has 7 heteroatoms. The maximum atomic E-state index is 12.3. The van der Waals surface area contributed by atoms with Gasteiger partial charge in [0.05, 0.1) is 13.2 Å². The van der Waals surface area contributed by atoms with Crippen LogP contribution in [0.4, 0.5) is 5.69 Å². The monoisotopic (exact) mass is 417 g/mol. The average molecular weight is 418 g/mol. The molecule has 2 unspecified atom stereocenters. The van der Waals surface area contributed by atoms with Crippen molar-refractivity contribution in [2.75, 3.05) is 44.7 Å². The van der Waals surface area contributed by atoms with Crippen LogP contribution in [0.1, 0.15) is 31.7 Å². The molecule has 0 aliphatic carbocycles. The van der Waals surface area contributed by atoms with Crippen molar-refractivity contribution >= 4 is 36.4 Å². The molecule has 5 nitrogen and oxygen atoms in total. The van der Waals surface area contributed by atoms with Crippen LogP contribution >= 0.6 is 24.8 Å². The Morgan fingerprint density at radius 3 is 2.59 bits per heavy atom. The molecule has 2 N–H and O–H groups in total. The van der Waals surface area contributed by atoms with E-state index in [1.165, 1.54) is 18.4 Å². The fraction of sp³-hybridized carbons (Fsp3) is 0.650. The highest BCUT2D eigenvalue weighted by Gasteiger charge is 2.22. The SMILES string of the molecule is CC(CC(=O)Nc1ccc(CN2CCOCC2)cc1)C1CCCNC1.Cl.Cl. The zero-order chi connectivity index (χ0) is 17.5. The van der Waals surface area contributed by atoms with Crippen molar-refractivity contribution < 1.29 is 9.53 Å². The number of nitrogens with zero attached hydrogens (tertiary/aromatic N) is 1. The Labute approximate surface area is 175 Å². The summed E-state index contributed by atoms with van der Waals surface area (Å²) in [6.45, 7) is 8.94. The molecule has 1 aromatic rings. The van der Waals surface area contributed by atoms with E-state index in [1.807, 2.05) is 12.1 Å². The van der Waals surface area contributed by atoms with E-state index in [9.17, 15) is 4.79 Å². The minimum atomic E-state index is 0. The van der Waals surface area contributed by atoms with Gasteiger partial charge in [0.15, 0.2) is 0 Å². The van der Waals surface area contributed by atoms with Crippen LogP contribution in [0.5, 0.6) is 0 Å². The highest BCUT2D eigenvalue weighted by atomic mass is 35.5. The summed E-state index contributed by atoms with van der Waals surface area (Å²) in [6, 6.07) is 8.25. The third-order valence-electron chi connectivity index (χ3n) is 5.39. The standard InChI is InChI=1S/C20H31N3O2.2ClH/c1-16(18-3-2-8-21-14-18)13-20(24)22-19-6-4-17(5-7-19)15-23-9-11-25-12-10-23;;/h4-7,16,18,21H,2-3,8-15H2,1H3,(H,22,24);2*1H. The Kier molecular flexibility index (Phi) is 11.3. The first-order valence-electron chi connectivity index (χ1n) is 9.60. The van der Waals surface area contributed by atoms with Crippen molar-refractivity contribution in [1.82, 2.24) is 10.2 Å². The van der Waals surface area contributed by atoms with Gasteiger partial charge in [-0.05, 0) is 55.5 Å². The highest BCUT2D eigenvalue weighted by molar-refractivity contribution is 5.90. The van der Waals surface area contributed by atoms with Crippen molar-refractivity contribution in [2.24, 2.45) is 11.8 Å². The fourth-order valence-corrected chi connectivity index (χ4v) is 3.75. The van der Waals surface area contributed by atoms with E-state index in [4.69, 9.17) is 4.74 Å². The van der Waals surface area contributed by atoms with Gasteiger partial charge >= 0.3 is 0 Å². The Balaban J connectivity index is 0.00000182. The second-order valence-electron chi connectivity index (χ2n) is 7.42. The smallest absolute Gasteiger partial charge is 0.224 e. The van der Waals surface area contributed by atoms with Gasteiger partial charge in [0.2, 0.25) is 5.91 Å². The van der Waals surface area contributed by atoms with E-state index in [-0.39, 0.29) is 30.7 Å². The van der Waals surface area contributed by atoms with Crippen molar-refractivity contribution in [3.8, 4) is 0 Å². The molecule has 1 aromatic carbocycles. The molecular formula is C20H33Cl2N3O2. The number of ether oxygens (including phenoxy) is 1. The van der Waals surface area contributed by atoms with Crippen LogP contribution in [0.3, 0.4) is 0 Å². The molecular weight excluding hydrogens is 385 g/mol. The summed E-state index contributed by atoms with van der Waals surface area (Å²) in [4.78, 5) is 14.7. The molecule has 0 spiro atoms. The van der Waals surface area contributed by atoms with E-state index in [1.54, 1.807) is 0 Å². The summed E-state index contributed by atoms with van der Waals surface area (Å²) < 4.78 is 5.38. The van der Waals surface area contributed by atoms with Crippen LogP contribution < -0.4 is 10.6 Å². The maximum absolute atomic E-state index is 12.3. The molecule has 154 valence electrons. The van der Waals surface area contributed by atoms with Crippen LogP contribution in [-0.4, -0.2) is 50.2 Å². The number of nitrogens with one attached hydrogen (secondary N) is 2. The van der Waals surface area contributed by atoms with E-state index < -0.39 is 0 Å². The predicted molar refractivity (Wildman–Crippen MR) is 115 cm³/mol. The number of rotatable bonds is 6. The lowest BCUT2D eigenvalue weighted by atomic mass is 9.85. The van der Waals surface area contributed by atoms with E-state index in [0.29, 0.717) is 18.3 Å². The first-order chi connectivity index (χ1) is 12.2. The third kappa shape index (κ3) is 7.96. The van der Waals surface area contributed by atoms with Gasteiger partial charge in [0.1, 0.15) is 0 Å². The summed E-state index contributed by atoms with van der Waals surface area (Å²) in [5, 5.41) is 6.48. The topological polar surface area (TPSA) is 53.6 Å². The Morgan fingerprint density at radius 2 is 1.96 bits per heavy atom. The molecule has 2 saturated heterocycles. The summed E-state index contributed by atoms with van der Waals surface area (Å²) in [7, 11) is 0. The second kappa shape index (κ2) is 12.6. The van der Waals surface area contributed by atoms with Gasteiger partial charge in [0.25, 0.3) is 0 Å². The Bertz CT molecular complexity index is 545. The lowest BCUT2D eigenvalue weighted by Gasteiger charge is -2.28. The largest absolute Gasteiger partial charge is 0.379 e. The molecule has 0 bridgehead atoms. The maximum Gasteiger partial charge on any atom is 0.224 e. The van der Waals surface area contributed by atoms with Crippen LogP contribution in [0.25, 0.3) is 0 Å². The molecule has 0 aromatic heterocycles. The number of carbonyl (C=O) groups excluding carboxylic acids is 1. The first kappa shape index (κ1) is 24.2. The number of carbonyl (C=O) groups is 1. The number of hydrogen-bond acceptors (Lipinski definition) is 4. The quantitative estimate of drug-likeness (QED) is 0.744. The number of piperidine rings is 1. The van der Waals surface area contributed by atoms with Gasteiger partial charge < -0.3 is 15.4 Å². The van der Waals surface area contributed by atoms with E-state index in [2.05, 4.69) is 34.6 Å². The molecule has 2 aliphatic rings. The second-order valence-corrected chi connectivity index (χ2v) is 7.42. The number of benzene rings is 1. The number of morpholine rings is 1. The summed E-state index contributed by atoms with van der Waals surface area (Å²) in [5.74, 6) is 1.17. The normalized spacial score (nSPS) is 21.4. The van der Waals surface area contributed by atoms with Crippen LogP contribution in [-0.2, 0) is 16.1 Å². The molecule has 27 heavy (non-hydrogen) atoms. The number of halogens is 2. The van der Waals surface area contributed by atoms with Gasteiger partial charge in [-0.25, -0.2) is 0 Å². The Morgan fingerprint density at radius 1 is 1.26 bits per heavy atom. The predicted octanol–water partition coefficient (Wildman–Crippen LogP) is 3.33. The zero-order valence-corrected chi connectivity index (χ0v) is 17.7. The average Bonchev–Trinajstić information content (AvgIpc) is 2.65. The lowest BCUT2D eigenvalue weighted by molar-refractivity contribution is -0.117. The van der Waals surface area contributed by atoms with E-state index in [0.717, 1.165) is 51.6 Å². The van der Waals surface area contributed by atoms with Gasteiger partial charge in [-0.15, -0.1) is 24.8 Å². The molecule has 0 saturated carbocycles. The lowest BCUT2D eigenvalue weighted by Crippen LogP contribution is -2.35. The van der Waals surface area contributed by atoms with Crippen molar-refractivity contribution in [2.45, 2.75) is 32.7 Å². The zero-order valence-electron chi connectivity index (χ0n) is 16.1. The molecule has 2 atom stereocenters. The van der Waals surface area contributed by atoms with Crippen LogP contribution in [0, 0.1) is 11.8 Å². The van der Waals surface area contributed by atoms with Gasteiger partial charge in [-0.1, -0.05) is 19.1 Å². The van der Waals surface area contributed by atoms with Gasteiger partial charge in [-0.3, -0.25) is 9.69 Å². The molecule has 2 aliphatic heterocycles. The minimum Gasteiger partial charge on any atom is -0.379 e. The summed E-state index contributed by atoms with van der Waals surface area (Å²) in [6.07, 6.45) is 3.06. The molecule has 0 radical (unpaired) electrons. The number of amides is 1. The molecule has 2 heterocycles. The summed E-state index contributed by atoms with van der Waals surface area (Å²) >= 11 is 0. The van der Waals surface area contributed by atoms with E-state index >= 15 is 0 Å². The van der Waals surface area contributed by atoms with Crippen LogP contribution in [0.15, 0.2) is 24.3 Å². The number of hydrogen-bond donors (Lipinski definition) is 2. The first-order valence-corrected chi connectivity index (χ1v) is 9.60. The van der Waals surface area contributed by atoms with Crippen molar-refractivity contribution in [1.29, 1.82) is 0 Å². The fourth-order valence-electron chi connectivity index (χ4n) is 3.75. The van der Waals surface area contributed by atoms with Crippen molar-refractivity contribution in [3.63, 3.8) is 0 Å². The van der Waals surface area contributed by atoms with Crippen LogP contribution in [0.2, 0.25) is 0 Å². The third-order valence-corrected chi connectivity index (χ3v) is 5.39. The van der Waals surface area contributed by atoms with Gasteiger partial charge in [0, 0.05) is 31.7 Å². The van der Waals surface area contributed by atoms with Crippen molar-refractivity contribution in [3.05, 3.63) is 29.8 Å². The highest BCUT2D eigenvalue weighted by Crippen LogP contribution is 2.23. The summed E-state index contributed by atoms with van der Waals surface area (Å²) in [5.41, 5.74) is 2.17.